The summed E-state index contributed by atoms with van der Waals surface area (Å²) in [5, 5.41) is 0. The molecular formula is C26H28N2O6. The lowest BCUT2D eigenvalue weighted by Crippen LogP contribution is -2.53. The Labute approximate surface area is 197 Å². The zero-order chi connectivity index (χ0) is 23.5. The van der Waals surface area contributed by atoms with Crippen LogP contribution in [-0.2, 0) is 32.2 Å². The van der Waals surface area contributed by atoms with Gasteiger partial charge in [-0.25, -0.2) is 4.79 Å². The molecule has 178 valence electrons. The van der Waals surface area contributed by atoms with Gasteiger partial charge in [-0.3, -0.25) is 14.3 Å². The summed E-state index contributed by atoms with van der Waals surface area (Å²) in [5.41, 5.74) is 0.758. The van der Waals surface area contributed by atoms with E-state index in [-0.39, 0.29) is 6.61 Å². The van der Waals surface area contributed by atoms with Crippen LogP contribution in [0.25, 0.3) is 0 Å². The van der Waals surface area contributed by atoms with Crippen molar-refractivity contribution in [2.45, 2.75) is 50.6 Å². The van der Waals surface area contributed by atoms with Crippen molar-refractivity contribution < 1.29 is 18.9 Å². The van der Waals surface area contributed by atoms with Gasteiger partial charge < -0.3 is 18.9 Å². The van der Waals surface area contributed by atoms with Crippen LogP contribution in [0.2, 0.25) is 0 Å². The summed E-state index contributed by atoms with van der Waals surface area (Å²) in [6.07, 6.45) is 0.349. The lowest BCUT2D eigenvalue weighted by Gasteiger charge is -2.38. The quantitative estimate of drug-likeness (QED) is 0.551. The Morgan fingerprint density at radius 1 is 1.03 bits per heavy atom. The molecule has 2 fully saturated rings. The Balaban J connectivity index is 1.42. The van der Waals surface area contributed by atoms with Gasteiger partial charge >= 0.3 is 5.69 Å². The highest BCUT2D eigenvalue weighted by molar-refractivity contribution is 5.15. The number of nitrogens with zero attached hydrogens (tertiary/aromatic N) is 1. The maximum absolute atomic E-state index is 12.7. The molecule has 1 N–H and O–H groups in total. The Bertz CT molecular complexity index is 1230. The predicted molar refractivity (Wildman–Crippen MR) is 124 cm³/mol. The first kappa shape index (κ1) is 22.7. The Morgan fingerprint density at radius 2 is 1.71 bits per heavy atom. The number of hydrogen-bond acceptors (Lipinski definition) is 6. The summed E-state index contributed by atoms with van der Waals surface area (Å²) in [5.74, 6) is 0. The molecule has 2 aromatic carbocycles. The standard InChI is InChI=1S/C26H28N2O6/c1-18-14-28(25(30)27-23(18)29)24-21-22(33-16-20-10-6-3-7-11-20)26(34-24,12-13-32-21)17-31-15-19-8-4-2-5-9-19/h2-11,14,21-22,24H,12-13,15-17H2,1H3,(H,27,29,30)/t21?,22?,24-,26+/m0/s1. The van der Waals surface area contributed by atoms with Crippen molar-refractivity contribution in [1.82, 2.24) is 9.55 Å². The summed E-state index contributed by atoms with van der Waals surface area (Å²) in [4.78, 5) is 26.9. The molecule has 4 atom stereocenters. The van der Waals surface area contributed by atoms with Gasteiger partial charge in [0.1, 0.15) is 17.8 Å². The summed E-state index contributed by atoms with van der Waals surface area (Å²) >= 11 is 0. The Hall–Kier alpha value is -3.04. The van der Waals surface area contributed by atoms with Crippen LogP contribution in [0, 0.1) is 6.92 Å². The van der Waals surface area contributed by atoms with Gasteiger partial charge in [-0.2, -0.15) is 0 Å². The van der Waals surface area contributed by atoms with E-state index in [1.807, 2.05) is 60.7 Å². The van der Waals surface area contributed by atoms with Crippen molar-refractivity contribution in [3.05, 3.63) is 104 Å². The van der Waals surface area contributed by atoms with Crippen molar-refractivity contribution in [2.75, 3.05) is 13.2 Å². The third kappa shape index (κ3) is 4.50. The van der Waals surface area contributed by atoms with Crippen LogP contribution in [-0.4, -0.2) is 40.6 Å². The van der Waals surface area contributed by atoms with Crippen molar-refractivity contribution in [2.24, 2.45) is 0 Å². The fourth-order valence-corrected chi connectivity index (χ4v) is 4.66. The molecule has 8 heteroatoms. The van der Waals surface area contributed by atoms with Gasteiger partial charge in [0, 0.05) is 18.2 Å². The fraction of sp³-hybridized carbons (Fsp3) is 0.385. The molecule has 0 amide bonds. The number of nitrogens with one attached hydrogen (secondary N) is 1. The van der Waals surface area contributed by atoms with Gasteiger partial charge in [-0.05, 0) is 18.1 Å². The van der Waals surface area contributed by atoms with Crippen molar-refractivity contribution >= 4 is 0 Å². The van der Waals surface area contributed by atoms with Gasteiger partial charge in [-0.1, -0.05) is 60.7 Å². The third-order valence-corrected chi connectivity index (χ3v) is 6.44. The minimum absolute atomic E-state index is 0.287. The molecule has 3 heterocycles. The highest BCUT2D eigenvalue weighted by Crippen LogP contribution is 2.46. The first-order valence-corrected chi connectivity index (χ1v) is 11.4. The van der Waals surface area contributed by atoms with Crippen molar-refractivity contribution in [3.63, 3.8) is 0 Å². The van der Waals surface area contributed by atoms with E-state index in [9.17, 15) is 9.59 Å². The summed E-state index contributed by atoms with van der Waals surface area (Å²) in [6.45, 7) is 3.21. The van der Waals surface area contributed by atoms with E-state index < -0.39 is 35.3 Å². The van der Waals surface area contributed by atoms with E-state index in [0.29, 0.717) is 31.8 Å². The van der Waals surface area contributed by atoms with E-state index in [0.717, 1.165) is 11.1 Å². The van der Waals surface area contributed by atoms with Gasteiger partial charge in [0.2, 0.25) is 0 Å². The van der Waals surface area contributed by atoms with Crippen molar-refractivity contribution in [3.8, 4) is 0 Å². The summed E-state index contributed by atoms with van der Waals surface area (Å²) in [7, 11) is 0. The van der Waals surface area contributed by atoms with E-state index in [1.165, 1.54) is 10.8 Å². The highest BCUT2D eigenvalue weighted by atomic mass is 16.6. The molecule has 2 aliphatic rings. The average Bonchev–Trinajstić information content (AvgIpc) is 3.01. The SMILES string of the molecule is Cc1cn([C@H]2O[C@@]3(COCc4ccccc4)CCOC2C3OCc2ccccc2)c(=O)[nH]c1=O. The highest BCUT2D eigenvalue weighted by Gasteiger charge is 2.60. The summed E-state index contributed by atoms with van der Waals surface area (Å²) in [6, 6.07) is 19.8. The van der Waals surface area contributed by atoms with Gasteiger partial charge in [-0.15, -0.1) is 0 Å². The molecule has 2 bridgehead atoms. The molecule has 34 heavy (non-hydrogen) atoms. The fourth-order valence-electron chi connectivity index (χ4n) is 4.66. The largest absolute Gasteiger partial charge is 0.374 e. The van der Waals surface area contributed by atoms with Crippen LogP contribution in [0.15, 0.2) is 76.4 Å². The number of aromatic nitrogens is 2. The molecule has 0 saturated carbocycles. The number of aromatic amines is 1. The minimum Gasteiger partial charge on any atom is -0.374 e. The van der Waals surface area contributed by atoms with Crippen LogP contribution < -0.4 is 11.2 Å². The normalized spacial score (nSPS) is 26.0. The zero-order valence-electron chi connectivity index (χ0n) is 19.0. The molecule has 5 rings (SSSR count). The topological polar surface area (TPSA) is 91.8 Å². The maximum Gasteiger partial charge on any atom is 0.330 e. The van der Waals surface area contributed by atoms with Crippen LogP contribution in [0.1, 0.15) is 29.3 Å². The van der Waals surface area contributed by atoms with Crippen molar-refractivity contribution in [1.29, 1.82) is 0 Å². The maximum atomic E-state index is 12.7. The number of hydrogen-bond donors (Lipinski definition) is 1. The number of rotatable bonds is 8. The molecule has 3 aromatic rings. The lowest BCUT2D eigenvalue weighted by molar-refractivity contribution is -0.178. The van der Waals surface area contributed by atoms with Gasteiger partial charge in [0.25, 0.3) is 5.56 Å². The zero-order valence-corrected chi connectivity index (χ0v) is 19.0. The number of aryl methyl sites for hydroxylation is 1. The number of H-pyrrole nitrogens is 1. The Kier molecular flexibility index (Phi) is 6.47. The van der Waals surface area contributed by atoms with Gasteiger partial charge in [0.15, 0.2) is 6.23 Å². The van der Waals surface area contributed by atoms with E-state index in [1.54, 1.807) is 6.92 Å². The smallest absolute Gasteiger partial charge is 0.330 e. The van der Waals surface area contributed by atoms with E-state index >= 15 is 0 Å². The molecule has 0 spiro atoms. The second-order valence-electron chi connectivity index (χ2n) is 8.83. The second-order valence-corrected chi connectivity index (χ2v) is 8.83. The molecule has 2 aliphatic heterocycles. The molecule has 2 unspecified atom stereocenters. The second kappa shape index (κ2) is 9.68. The molecule has 8 nitrogen and oxygen atoms in total. The monoisotopic (exact) mass is 464 g/mol. The van der Waals surface area contributed by atoms with E-state index in [4.69, 9.17) is 18.9 Å². The number of benzene rings is 2. The molecule has 2 saturated heterocycles. The third-order valence-electron chi connectivity index (χ3n) is 6.44. The van der Waals surface area contributed by atoms with E-state index in [2.05, 4.69) is 4.98 Å². The molecule has 1 aromatic heterocycles. The van der Waals surface area contributed by atoms with Crippen LogP contribution in [0.4, 0.5) is 0 Å². The molecule has 0 radical (unpaired) electrons. The average molecular weight is 465 g/mol. The van der Waals surface area contributed by atoms with Crippen LogP contribution in [0.3, 0.4) is 0 Å². The molecular weight excluding hydrogens is 436 g/mol. The minimum atomic E-state index is -0.791. The number of fused-ring (bicyclic) bond motifs is 2. The lowest BCUT2D eigenvalue weighted by atomic mass is 9.90. The van der Waals surface area contributed by atoms with Crippen LogP contribution >= 0.6 is 0 Å². The predicted octanol–water partition coefficient (Wildman–Crippen LogP) is 2.70. The first-order chi connectivity index (χ1) is 16.6. The van der Waals surface area contributed by atoms with Gasteiger partial charge in [0.05, 0.1) is 26.4 Å². The number of ether oxygens (including phenoxy) is 4. The first-order valence-electron chi connectivity index (χ1n) is 11.4. The Morgan fingerprint density at radius 3 is 2.41 bits per heavy atom. The summed E-state index contributed by atoms with van der Waals surface area (Å²) < 4.78 is 26.5. The molecule has 0 aliphatic carbocycles. The van der Waals surface area contributed by atoms with Crippen LogP contribution in [0.5, 0.6) is 0 Å².